The van der Waals surface area contributed by atoms with Crippen molar-refractivity contribution < 1.29 is 14.3 Å². The van der Waals surface area contributed by atoms with Crippen molar-refractivity contribution in [2.24, 2.45) is 0 Å². The molecule has 0 fully saturated rings. The van der Waals surface area contributed by atoms with Crippen molar-refractivity contribution in [2.75, 3.05) is 5.32 Å². The number of carbonyl (C=O) groups excluding carboxylic acids is 2. The van der Waals surface area contributed by atoms with E-state index in [9.17, 15) is 9.59 Å². The van der Waals surface area contributed by atoms with Gasteiger partial charge in [-0.05, 0) is 44.0 Å². The zero-order valence-corrected chi connectivity index (χ0v) is 13.6. The van der Waals surface area contributed by atoms with Crippen LogP contribution < -0.4 is 10.1 Å². The van der Waals surface area contributed by atoms with Gasteiger partial charge in [0, 0.05) is 11.3 Å². The van der Waals surface area contributed by atoms with Crippen molar-refractivity contribution in [3.05, 3.63) is 59.7 Å². The third kappa shape index (κ3) is 4.42. The highest BCUT2D eigenvalue weighted by molar-refractivity contribution is 5.98. The first-order chi connectivity index (χ1) is 11.0. The molecule has 0 aliphatic heterocycles. The average molecular weight is 311 g/mol. The number of para-hydroxylation sites is 1. The number of ketones is 1. The van der Waals surface area contributed by atoms with Crippen molar-refractivity contribution in [2.45, 2.75) is 33.3 Å². The molecule has 0 heterocycles. The normalized spacial score (nSPS) is 11.6. The number of Topliss-reactive ketones (excluding diaryl/α,β-unsaturated/α-hetero) is 1. The van der Waals surface area contributed by atoms with Crippen molar-refractivity contribution in [1.82, 2.24) is 0 Å². The van der Waals surface area contributed by atoms with E-state index in [-0.39, 0.29) is 11.7 Å². The second-order valence-corrected chi connectivity index (χ2v) is 5.41. The first-order valence-electron chi connectivity index (χ1n) is 7.65. The highest BCUT2D eigenvalue weighted by atomic mass is 16.5. The molecule has 0 spiro atoms. The van der Waals surface area contributed by atoms with E-state index in [0.717, 1.165) is 5.56 Å². The maximum atomic E-state index is 12.4. The Morgan fingerprint density at radius 3 is 2.52 bits per heavy atom. The number of anilines is 1. The van der Waals surface area contributed by atoms with Crippen LogP contribution in [0.25, 0.3) is 0 Å². The predicted octanol–water partition coefficient (Wildman–Crippen LogP) is 3.99. The van der Waals surface area contributed by atoms with Crippen LogP contribution in [0.3, 0.4) is 0 Å². The summed E-state index contributed by atoms with van der Waals surface area (Å²) in [6, 6.07) is 14.5. The van der Waals surface area contributed by atoms with Gasteiger partial charge >= 0.3 is 0 Å². The zero-order chi connectivity index (χ0) is 16.8. The van der Waals surface area contributed by atoms with Crippen molar-refractivity contribution in [1.29, 1.82) is 0 Å². The number of nitrogens with one attached hydrogen (secondary N) is 1. The van der Waals surface area contributed by atoms with Crippen molar-refractivity contribution in [3.8, 4) is 5.75 Å². The van der Waals surface area contributed by atoms with E-state index in [1.165, 1.54) is 6.92 Å². The van der Waals surface area contributed by atoms with Gasteiger partial charge in [0.2, 0.25) is 0 Å². The number of carbonyl (C=O) groups is 2. The molecule has 0 radical (unpaired) electrons. The molecule has 0 aliphatic rings. The fourth-order valence-electron chi connectivity index (χ4n) is 2.20. The molecule has 120 valence electrons. The van der Waals surface area contributed by atoms with Crippen LogP contribution in [0.1, 0.15) is 36.2 Å². The lowest BCUT2D eigenvalue weighted by molar-refractivity contribution is -0.122. The van der Waals surface area contributed by atoms with E-state index < -0.39 is 6.10 Å². The quantitative estimate of drug-likeness (QED) is 0.821. The van der Waals surface area contributed by atoms with Crippen LogP contribution in [0.4, 0.5) is 5.69 Å². The number of benzene rings is 2. The Bertz CT molecular complexity index is 709. The molecule has 1 N–H and O–H groups in total. The van der Waals surface area contributed by atoms with Crippen LogP contribution in [-0.4, -0.2) is 17.8 Å². The molecule has 1 amide bonds. The third-order valence-corrected chi connectivity index (χ3v) is 3.56. The number of hydrogen-bond acceptors (Lipinski definition) is 3. The molecule has 0 saturated carbocycles. The second-order valence-electron chi connectivity index (χ2n) is 5.41. The van der Waals surface area contributed by atoms with Crippen molar-refractivity contribution in [3.63, 3.8) is 0 Å². The summed E-state index contributed by atoms with van der Waals surface area (Å²) >= 11 is 0. The molecule has 4 nitrogen and oxygen atoms in total. The Kier molecular flexibility index (Phi) is 5.52. The molecule has 23 heavy (non-hydrogen) atoms. The van der Waals surface area contributed by atoms with E-state index >= 15 is 0 Å². The topological polar surface area (TPSA) is 55.4 Å². The smallest absolute Gasteiger partial charge is 0.265 e. The second kappa shape index (κ2) is 7.58. The van der Waals surface area contributed by atoms with E-state index in [1.807, 2.05) is 38.1 Å². The van der Waals surface area contributed by atoms with Crippen molar-refractivity contribution >= 4 is 17.4 Å². The summed E-state index contributed by atoms with van der Waals surface area (Å²) in [6.45, 7) is 5.34. The standard InChI is InChI=1S/C19H21NO3/c1-4-17(23-18-11-6-5-8-13(18)2)19(22)20-16-10-7-9-15(12-16)14(3)21/h5-12,17H,4H2,1-3H3,(H,20,22)/t17-/m1/s1. The monoisotopic (exact) mass is 311 g/mol. The molecule has 0 aromatic heterocycles. The van der Waals surface area contributed by atoms with Gasteiger partial charge in [0.25, 0.3) is 5.91 Å². The minimum Gasteiger partial charge on any atom is -0.480 e. The van der Waals surface area contributed by atoms with Gasteiger partial charge in [-0.1, -0.05) is 37.3 Å². The fraction of sp³-hybridized carbons (Fsp3) is 0.263. The zero-order valence-electron chi connectivity index (χ0n) is 13.6. The maximum Gasteiger partial charge on any atom is 0.265 e. The lowest BCUT2D eigenvalue weighted by Crippen LogP contribution is -2.32. The molecule has 4 heteroatoms. The molecular weight excluding hydrogens is 290 g/mol. The van der Waals surface area contributed by atoms with Gasteiger partial charge in [0.15, 0.2) is 11.9 Å². The number of amides is 1. The maximum absolute atomic E-state index is 12.4. The number of aryl methyl sites for hydroxylation is 1. The average Bonchev–Trinajstić information content (AvgIpc) is 2.54. The van der Waals surface area contributed by atoms with Crippen LogP contribution in [0.5, 0.6) is 5.75 Å². The summed E-state index contributed by atoms with van der Waals surface area (Å²) < 4.78 is 5.83. The van der Waals surface area contributed by atoms with Gasteiger partial charge in [-0.25, -0.2) is 0 Å². The van der Waals surface area contributed by atoms with Gasteiger partial charge in [0.05, 0.1) is 0 Å². The lowest BCUT2D eigenvalue weighted by atomic mass is 10.1. The van der Waals surface area contributed by atoms with Crippen LogP contribution in [0, 0.1) is 6.92 Å². The van der Waals surface area contributed by atoms with Gasteiger partial charge in [-0.15, -0.1) is 0 Å². The lowest BCUT2D eigenvalue weighted by Gasteiger charge is -2.18. The third-order valence-electron chi connectivity index (χ3n) is 3.56. The fourth-order valence-corrected chi connectivity index (χ4v) is 2.20. The Morgan fingerprint density at radius 2 is 1.87 bits per heavy atom. The highest BCUT2D eigenvalue weighted by Crippen LogP contribution is 2.20. The van der Waals surface area contributed by atoms with E-state index in [4.69, 9.17) is 4.74 Å². The summed E-state index contributed by atoms with van der Waals surface area (Å²) in [5, 5.41) is 2.81. The van der Waals surface area contributed by atoms with Crippen LogP contribution in [0.2, 0.25) is 0 Å². The molecular formula is C19H21NO3. The molecule has 2 aromatic carbocycles. The number of ether oxygens (including phenoxy) is 1. The van der Waals surface area contributed by atoms with E-state index in [2.05, 4.69) is 5.32 Å². The SMILES string of the molecule is CC[C@@H](Oc1ccccc1C)C(=O)Nc1cccc(C(C)=O)c1. The summed E-state index contributed by atoms with van der Waals surface area (Å²) in [4.78, 5) is 23.8. The van der Waals surface area contributed by atoms with Gasteiger partial charge in [-0.3, -0.25) is 9.59 Å². The molecule has 2 rings (SSSR count). The first kappa shape index (κ1) is 16.7. The number of hydrogen-bond donors (Lipinski definition) is 1. The van der Waals surface area contributed by atoms with Gasteiger partial charge < -0.3 is 10.1 Å². The van der Waals surface area contributed by atoms with Crippen LogP contribution in [-0.2, 0) is 4.79 Å². The Labute approximate surface area is 136 Å². The number of rotatable bonds is 6. The molecule has 0 bridgehead atoms. The molecule has 0 unspecified atom stereocenters. The summed E-state index contributed by atoms with van der Waals surface area (Å²) in [6.07, 6.45) is -0.0379. The summed E-state index contributed by atoms with van der Waals surface area (Å²) in [7, 11) is 0. The largest absolute Gasteiger partial charge is 0.480 e. The van der Waals surface area contributed by atoms with Crippen LogP contribution >= 0.6 is 0 Å². The van der Waals surface area contributed by atoms with Crippen LogP contribution in [0.15, 0.2) is 48.5 Å². The Morgan fingerprint density at radius 1 is 1.13 bits per heavy atom. The summed E-state index contributed by atoms with van der Waals surface area (Å²) in [5.74, 6) is 0.438. The highest BCUT2D eigenvalue weighted by Gasteiger charge is 2.19. The van der Waals surface area contributed by atoms with E-state index in [0.29, 0.717) is 23.4 Å². The molecule has 1 atom stereocenters. The predicted molar refractivity (Wildman–Crippen MR) is 91.0 cm³/mol. The molecule has 2 aromatic rings. The molecule has 0 aliphatic carbocycles. The first-order valence-corrected chi connectivity index (χ1v) is 7.65. The van der Waals surface area contributed by atoms with Gasteiger partial charge in [0.1, 0.15) is 5.75 Å². The minimum atomic E-state index is -0.586. The Balaban J connectivity index is 2.10. The minimum absolute atomic E-state index is 0.0377. The van der Waals surface area contributed by atoms with Gasteiger partial charge in [-0.2, -0.15) is 0 Å². The Hall–Kier alpha value is -2.62. The molecule has 0 saturated heterocycles. The summed E-state index contributed by atoms with van der Waals surface area (Å²) in [5.41, 5.74) is 2.14. The van der Waals surface area contributed by atoms with E-state index in [1.54, 1.807) is 24.3 Å².